The summed E-state index contributed by atoms with van der Waals surface area (Å²) in [6, 6.07) is 18.3. The van der Waals surface area contributed by atoms with Crippen molar-refractivity contribution in [1.29, 1.82) is 0 Å². The molecule has 1 unspecified atom stereocenters. The van der Waals surface area contributed by atoms with E-state index in [0.29, 0.717) is 12.1 Å². The molecule has 1 amide bonds. The summed E-state index contributed by atoms with van der Waals surface area (Å²) in [7, 11) is 0. The van der Waals surface area contributed by atoms with E-state index in [2.05, 4.69) is 0 Å². The van der Waals surface area contributed by atoms with Gasteiger partial charge in [0.05, 0.1) is 0 Å². The molecule has 0 aliphatic carbocycles. The number of para-hydroxylation sites is 1. The molecule has 0 spiro atoms. The number of amides is 1. The van der Waals surface area contributed by atoms with Crippen molar-refractivity contribution in [3.63, 3.8) is 0 Å². The first-order valence-electron chi connectivity index (χ1n) is 6.33. The molecule has 2 aromatic carbocycles. The van der Waals surface area contributed by atoms with Crippen LogP contribution in [0.5, 0.6) is 0 Å². The molecule has 19 heavy (non-hydrogen) atoms. The molecule has 0 aliphatic heterocycles. The van der Waals surface area contributed by atoms with E-state index >= 15 is 0 Å². The molecule has 2 rings (SSSR count). The Labute approximate surface area is 113 Å². The Hall–Kier alpha value is -2.13. The number of aliphatic hydroxyl groups excluding tert-OH is 1. The summed E-state index contributed by atoms with van der Waals surface area (Å²) in [5.41, 5.74) is 1.41. The van der Waals surface area contributed by atoms with E-state index in [0.717, 1.165) is 5.69 Å². The summed E-state index contributed by atoms with van der Waals surface area (Å²) in [5.74, 6) is -0.306. The standard InChI is InChI=1S/C16H17NO2/c1-2-17(14-11-7-4-8-12-14)16(19)15(18)13-9-5-3-6-10-13/h3-12,15,18H,2H2,1H3. The van der Waals surface area contributed by atoms with E-state index in [-0.39, 0.29) is 5.91 Å². The van der Waals surface area contributed by atoms with E-state index in [1.807, 2.05) is 55.5 Å². The highest BCUT2D eigenvalue weighted by atomic mass is 16.3. The molecule has 0 aromatic heterocycles. The summed E-state index contributed by atoms with van der Waals surface area (Å²) < 4.78 is 0. The Morgan fingerprint density at radius 1 is 1.05 bits per heavy atom. The third-order valence-corrected chi connectivity index (χ3v) is 3.00. The van der Waals surface area contributed by atoms with Crippen molar-refractivity contribution in [2.24, 2.45) is 0 Å². The van der Waals surface area contributed by atoms with E-state index < -0.39 is 6.10 Å². The van der Waals surface area contributed by atoms with Gasteiger partial charge in [-0.1, -0.05) is 48.5 Å². The van der Waals surface area contributed by atoms with Gasteiger partial charge < -0.3 is 10.0 Å². The normalized spacial score (nSPS) is 11.9. The van der Waals surface area contributed by atoms with Crippen molar-refractivity contribution in [3.05, 3.63) is 66.2 Å². The van der Waals surface area contributed by atoms with Crippen molar-refractivity contribution >= 4 is 11.6 Å². The third-order valence-electron chi connectivity index (χ3n) is 3.00. The van der Waals surface area contributed by atoms with Crippen molar-refractivity contribution in [3.8, 4) is 0 Å². The van der Waals surface area contributed by atoms with Gasteiger partial charge in [-0.2, -0.15) is 0 Å². The van der Waals surface area contributed by atoms with E-state index in [9.17, 15) is 9.90 Å². The van der Waals surface area contributed by atoms with Crippen LogP contribution in [0.1, 0.15) is 18.6 Å². The van der Waals surface area contributed by atoms with Crippen LogP contribution in [-0.2, 0) is 4.79 Å². The SMILES string of the molecule is CCN(C(=O)C(O)c1ccccc1)c1ccccc1. The molecule has 0 saturated heterocycles. The number of hydrogen-bond acceptors (Lipinski definition) is 2. The lowest BCUT2D eigenvalue weighted by Crippen LogP contribution is -2.35. The zero-order valence-corrected chi connectivity index (χ0v) is 10.9. The second kappa shape index (κ2) is 6.16. The molecule has 0 fully saturated rings. The predicted octanol–water partition coefficient (Wildman–Crippen LogP) is 2.77. The van der Waals surface area contributed by atoms with Gasteiger partial charge in [0.2, 0.25) is 0 Å². The smallest absolute Gasteiger partial charge is 0.260 e. The number of hydrogen-bond donors (Lipinski definition) is 1. The lowest BCUT2D eigenvalue weighted by molar-refractivity contribution is -0.126. The quantitative estimate of drug-likeness (QED) is 0.912. The number of nitrogens with zero attached hydrogens (tertiary/aromatic N) is 1. The van der Waals surface area contributed by atoms with Crippen LogP contribution in [0.15, 0.2) is 60.7 Å². The molecule has 2 aromatic rings. The average Bonchev–Trinajstić information content (AvgIpc) is 2.49. The van der Waals surface area contributed by atoms with Crippen LogP contribution in [0.4, 0.5) is 5.69 Å². The maximum absolute atomic E-state index is 12.4. The van der Waals surface area contributed by atoms with Crippen LogP contribution in [0.3, 0.4) is 0 Å². The van der Waals surface area contributed by atoms with Gasteiger partial charge >= 0.3 is 0 Å². The summed E-state index contributed by atoms with van der Waals surface area (Å²) in [5, 5.41) is 10.2. The number of rotatable bonds is 4. The zero-order valence-electron chi connectivity index (χ0n) is 10.9. The van der Waals surface area contributed by atoms with Gasteiger partial charge in [-0.3, -0.25) is 4.79 Å². The van der Waals surface area contributed by atoms with Gasteiger partial charge in [-0.05, 0) is 24.6 Å². The summed E-state index contributed by atoms with van der Waals surface area (Å²) in [6.07, 6.45) is -1.12. The molecule has 98 valence electrons. The van der Waals surface area contributed by atoms with Gasteiger partial charge in [0.1, 0.15) is 0 Å². The number of aliphatic hydroxyl groups is 1. The Balaban J connectivity index is 2.22. The lowest BCUT2D eigenvalue weighted by Gasteiger charge is -2.24. The fraction of sp³-hybridized carbons (Fsp3) is 0.188. The molecule has 3 heteroatoms. The van der Waals surface area contributed by atoms with Gasteiger partial charge in [0.15, 0.2) is 6.10 Å². The van der Waals surface area contributed by atoms with E-state index in [1.165, 1.54) is 0 Å². The second-order valence-corrected chi connectivity index (χ2v) is 4.23. The van der Waals surface area contributed by atoms with E-state index in [4.69, 9.17) is 0 Å². The first-order chi connectivity index (χ1) is 9.24. The van der Waals surface area contributed by atoms with Crippen LogP contribution >= 0.6 is 0 Å². The molecule has 1 atom stereocenters. The Bertz CT molecular complexity index is 525. The van der Waals surface area contributed by atoms with Crippen LogP contribution in [-0.4, -0.2) is 17.6 Å². The number of anilines is 1. The van der Waals surface area contributed by atoms with Gasteiger partial charge in [0.25, 0.3) is 5.91 Å². The molecule has 0 bridgehead atoms. The van der Waals surface area contributed by atoms with Crippen LogP contribution < -0.4 is 4.90 Å². The first-order valence-corrected chi connectivity index (χ1v) is 6.33. The topological polar surface area (TPSA) is 40.5 Å². The molecular formula is C16H17NO2. The highest BCUT2D eigenvalue weighted by molar-refractivity contribution is 5.96. The van der Waals surface area contributed by atoms with Crippen molar-refractivity contribution in [2.75, 3.05) is 11.4 Å². The fourth-order valence-electron chi connectivity index (χ4n) is 2.00. The molecule has 0 saturated carbocycles. The molecular weight excluding hydrogens is 238 g/mol. The summed E-state index contributed by atoms with van der Waals surface area (Å²) in [4.78, 5) is 13.9. The monoisotopic (exact) mass is 255 g/mol. The highest BCUT2D eigenvalue weighted by Crippen LogP contribution is 2.20. The Morgan fingerprint density at radius 3 is 2.11 bits per heavy atom. The lowest BCUT2D eigenvalue weighted by atomic mass is 10.1. The van der Waals surface area contributed by atoms with Gasteiger partial charge in [-0.15, -0.1) is 0 Å². The average molecular weight is 255 g/mol. The minimum atomic E-state index is -1.12. The number of likely N-dealkylation sites (N-methyl/N-ethyl adjacent to an activating group) is 1. The predicted molar refractivity (Wildman–Crippen MR) is 75.9 cm³/mol. The van der Waals surface area contributed by atoms with Crippen LogP contribution in [0.25, 0.3) is 0 Å². The molecule has 0 heterocycles. The van der Waals surface area contributed by atoms with Gasteiger partial charge in [-0.25, -0.2) is 0 Å². The van der Waals surface area contributed by atoms with Crippen molar-refractivity contribution < 1.29 is 9.90 Å². The second-order valence-electron chi connectivity index (χ2n) is 4.23. The zero-order chi connectivity index (χ0) is 13.7. The van der Waals surface area contributed by atoms with Crippen LogP contribution in [0, 0.1) is 0 Å². The molecule has 0 radical (unpaired) electrons. The first kappa shape index (κ1) is 13.3. The fourth-order valence-corrected chi connectivity index (χ4v) is 2.00. The number of benzene rings is 2. The van der Waals surface area contributed by atoms with Crippen molar-refractivity contribution in [2.45, 2.75) is 13.0 Å². The Kier molecular flexibility index (Phi) is 4.31. The third kappa shape index (κ3) is 3.01. The van der Waals surface area contributed by atoms with Crippen LogP contribution in [0.2, 0.25) is 0 Å². The maximum atomic E-state index is 12.4. The minimum absolute atomic E-state index is 0.306. The highest BCUT2D eigenvalue weighted by Gasteiger charge is 2.23. The van der Waals surface area contributed by atoms with E-state index in [1.54, 1.807) is 17.0 Å². The summed E-state index contributed by atoms with van der Waals surface area (Å²) in [6.45, 7) is 2.41. The molecule has 3 nitrogen and oxygen atoms in total. The summed E-state index contributed by atoms with van der Waals surface area (Å²) >= 11 is 0. The molecule has 1 N–H and O–H groups in total. The molecule has 0 aliphatic rings. The number of carbonyl (C=O) groups is 1. The maximum Gasteiger partial charge on any atom is 0.260 e. The largest absolute Gasteiger partial charge is 0.378 e. The Morgan fingerprint density at radius 2 is 1.58 bits per heavy atom. The minimum Gasteiger partial charge on any atom is -0.378 e. The number of carbonyl (C=O) groups excluding carboxylic acids is 1. The van der Waals surface area contributed by atoms with Crippen molar-refractivity contribution in [1.82, 2.24) is 0 Å². The van der Waals surface area contributed by atoms with Gasteiger partial charge in [0, 0.05) is 12.2 Å².